The first-order valence-corrected chi connectivity index (χ1v) is 36.6. The normalized spacial score (nSPS) is 20.4. The molecule has 102 heavy (non-hydrogen) atoms. The van der Waals surface area contributed by atoms with Gasteiger partial charge < -0.3 is 38.5 Å². The van der Waals surface area contributed by atoms with E-state index in [0.29, 0.717) is 18.4 Å². The Morgan fingerprint density at radius 1 is 0.598 bits per heavy atom. The number of carbonyl (C=O) groups is 5. The quantitative estimate of drug-likeness (QED) is 0.0906. The van der Waals surface area contributed by atoms with Crippen LogP contribution in [-0.2, 0) is 75.4 Å². The molecule has 1 aliphatic carbocycles. The van der Waals surface area contributed by atoms with Gasteiger partial charge in [-0.15, -0.1) is 0 Å². The van der Waals surface area contributed by atoms with Crippen LogP contribution in [0.2, 0.25) is 0 Å². The van der Waals surface area contributed by atoms with Crippen LogP contribution in [0.25, 0.3) is 33.1 Å². The highest BCUT2D eigenvalue weighted by Crippen LogP contribution is 2.43. The molecule has 24 heteroatoms. The predicted octanol–water partition coefficient (Wildman–Crippen LogP) is 12.0. The standard InChI is InChI=1S/C29H37N5O3.C26H35N7O3.C23H26N4O2/c1-17(2)24-16-30-15-21(31-24)14-27-32-28-23-10-9-18(3)33(29(36)37-5)25(23)11-12-26(28)34(27)22-8-6-7-20(13-22)19(4)35;1-18-5-6-21-22(33(18)26(35)36-3)7-8-23-25(21)29-24(10-14-31-12-4-11-27-31)32(23)16-15-30-13-9-20(17-30)28-19(2)34;1-15-8-9-18-19(26(15)23(28)29-2)10-11-20-22(18)25-21(27(20)17-13-24-14-17)12-16-6-4-3-5-7-16/h11-12,15-18,20,22H,6-10,13-14H2,1-5H3;4,7-8,11-12,18,20H,5-6,9-10,13-17H2,1-3H3,(H,28,34);3-7,10-11,15,17,24H,8-9,12-14H2,1-2H3/t18-,20+,22+;18-,20+;15-/m000/s1. The van der Waals surface area contributed by atoms with Crippen LogP contribution in [0, 0.1) is 5.92 Å². The number of amides is 4. The number of hydrogen-bond acceptors (Lipinski definition) is 16. The summed E-state index contributed by atoms with van der Waals surface area (Å²) in [6.07, 6.45) is 18.6. The van der Waals surface area contributed by atoms with E-state index in [9.17, 15) is 24.0 Å². The maximum absolute atomic E-state index is 12.7. The number of likely N-dealkylation sites (tertiary alicyclic amines) is 1. The fourth-order valence-electron chi connectivity index (χ4n) is 16.3. The van der Waals surface area contributed by atoms with Crippen LogP contribution in [0.5, 0.6) is 0 Å². The minimum atomic E-state index is -0.343. The molecule has 15 rings (SSSR count). The van der Waals surface area contributed by atoms with Gasteiger partial charge in [-0.3, -0.25) is 43.8 Å². The van der Waals surface area contributed by atoms with Crippen molar-refractivity contribution in [2.75, 3.05) is 68.8 Å². The van der Waals surface area contributed by atoms with Crippen molar-refractivity contribution in [2.45, 2.75) is 194 Å². The zero-order valence-corrected chi connectivity index (χ0v) is 60.7. The Balaban J connectivity index is 0.000000138. The van der Waals surface area contributed by atoms with E-state index in [2.05, 4.69) is 122 Å². The number of anilines is 3. The van der Waals surface area contributed by atoms with Gasteiger partial charge in [0.15, 0.2) is 0 Å². The second-order valence-electron chi connectivity index (χ2n) is 28.8. The summed E-state index contributed by atoms with van der Waals surface area (Å²) in [5, 5.41) is 10.8. The van der Waals surface area contributed by atoms with Crippen molar-refractivity contribution >= 4 is 80.1 Å². The Kier molecular flexibility index (Phi) is 21.5. The summed E-state index contributed by atoms with van der Waals surface area (Å²) in [4.78, 5) is 93.9. The molecule has 2 N–H and O–H groups in total. The average molecular weight is 1390 g/mol. The van der Waals surface area contributed by atoms with E-state index in [1.807, 2.05) is 47.5 Å². The Morgan fingerprint density at radius 2 is 1.16 bits per heavy atom. The fraction of sp³-hybridized carbons (Fsp3) is 0.500. The van der Waals surface area contributed by atoms with Crippen LogP contribution in [0.4, 0.5) is 31.4 Å². The van der Waals surface area contributed by atoms with Crippen LogP contribution in [0.3, 0.4) is 0 Å². The largest absolute Gasteiger partial charge is 0.452 e. The highest BCUT2D eigenvalue weighted by molar-refractivity contribution is 5.98. The molecular formula is C78H98N16O8. The maximum atomic E-state index is 12.7. The van der Waals surface area contributed by atoms with E-state index >= 15 is 0 Å². The molecule has 538 valence electrons. The van der Waals surface area contributed by atoms with E-state index in [4.69, 9.17) is 34.1 Å². The molecular weight excluding hydrogens is 1290 g/mol. The van der Waals surface area contributed by atoms with Crippen molar-refractivity contribution in [1.29, 1.82) is 0 Å². The minimum absolute atomic E-state index is 0.0310. The van der Waals surface area contributed by atoms with Crippen molar-refractivity contribution in [2.24, 2.45) is 5.92 Å². The molecule has 10 heterocycles. The van der Waals surface area contributed by atoms with Crippen LogP contribution >= 0.6 is 0 Å². The molecule has 5 aliphatic heterocycles. The first kappa shape index (κ1) is 70.9. The summed E-state index contributed by atoms with van der Waals surface area (Å²) in [7, 11) is 4.30. The van der Waals surface area contributed by atoms with Crippen LogP contribution in [-0.4, -0.2) is 161 Å². The van der Waals surface area contributed by atoms with Crippen molar-refractivity contribution in [3.05, 3.63) is 149 Å². The van der Waals surface area contributed by atoms with Gasteiger partial charge in [-0.2, -0.15) is 5.10 Å². The Morgan fingerprint density at radius 3 is 1.69 bits per heavy atom. The number of methoxy groups -OCH3 is 3. The topological polar surface area (TPSA) is 247 Å². The molecule has 6 atom stereocenters. The van der Waals surface area contributed by atoms with Crippen molar-refractivity contribution < 1.29 is 38.2 Å². The van der Waals surface area contributed by atoms with E-state index in [-0.39, 0.29) is 66.1 Å². The number of fused-ring (bicyclic) bond motifs is 9. The van der Waals surface area contributed by atoms with Gasteiger partial charge >= 0.3 is 18.3 Å². The van der Waals surface area contributed by atoms with Crippen molar-refractivity contribution in [3.63, 3.8) is 0 Å². The summed E-state index contributed by atoms with van der Waals surface area (Å²) in [6.45, 7) is 19.9. The number of benzene rings is 4. The summed E-state index contributed by atoms with van der Waals surface area (Å²) in [6, 6.07) is 26.0. The van der Waals surface area contributed by atoms with Gasteiger partial charge in [0, 0.05) is 150 Å². The monoisotopic (exact) mass is 1390 g/mol. The number of rotatable bonds is 15. The predicted molar refractivity (Wildman–Crippen MR) is 394 cm³/mol. The SMILES string of the molecule is COC(=O)N1c2ccc3c(nc(CCn4cccn4)n3CCN3CC[C@@H](NC(C)=O)C3)c2CC[C@@H]1C.COC(=O)N1c2ccc3c(nc(Cc4ccccc4)n3C3CNC3)c2CC[C@@H]1C.COC(=O)N1c2ccc3c(nc(Cc4cncc(C(C)C)n4)n3[C@@H]3CCC[C@@H](C(C)=O)C3)c2CC[C@@H]1C. The number of hydrogen-bond donors (Lipinski definition) is 2. The second-order valence-corrected chi connectivity index (χ2v) is 28.8. The van der Waals surface area contributed by atoms with Crippen LogP contribution in [0.1, 0.15) is 169 Å². The number of ketones is 1. The molecule has 4 amide bonds. The first-order valence-electron chi connectivity index (χ1n) is 36.6. The molecule has 2 saturated heterocycles. The number of nitrogens with one attached hydrogen (secondary N) is 2. The molecule has 6 aliphatic rings. The third-order valence-electron chi connectivity index (χ3n) is 21.8. The van der Waals surface area contributed by atoms with Gasteiger partial charge in [-0.05, 0) is 146 Å². The van der Waals surface area contributed by atoms with E-state index in [0.717, 1.165) is 219 Å². The lowest BCUT2D eigenvalue weighted by Gasteiger charge is -2.34. The van der Waals surface area contributed by atoms with Gasteiger partial charge in [0.2, 0.25) is 5.91 Å². The van der Waals surface area contributed by atoms with Gasteiger partial charge in [0.1, 0.15) is 23.3 Å². The molecule has 0 bridgehead atoms. The average Bonchev–Trinajstić information content (AvgIpc) is 1.53. The second kappa shape index (κ2) is 31.0. The van der Waals surface area contributed by atoms with Crippen LogP contribution < -0.4 is 25.3 Å². The molecule has 0 spiro atoms. The zero-order chi connectivity index (χ0) is 71.5. The van der Waals surface area contributed by atoms with Gasteiger partial charge in [0.05, 0.1) is 88.9 Å². The molecule has 9 aromatic rings. The van der Waals surface area contributed by atoms with Gasteiger partial charge in [-0.1, -0.05) is 50.6 Å². The number of aryl methyl sites for hydroxylation is 5. The lowest BCUT2D eigenvalue weighted by atomic mass is 9.83. The summed E-state index contributed by atoms with van der Waals surface area (Å²) in [5.41, 5.74) is 15.5. The number of imidazole rings is 3. The highest BCUT2D eigenvalue weighted by atomic mass is 16.6. The summed E-state index contributed by atoms with van der Waals surface area (Å²) < 4.78 is 24.3. The van der Waals surface area contributed by atoms with Crippen molar-refractivity contribution in [1.82, 2.24) is 63.9 Å². The lowest BCUT2D eigenvalue weighted by Crippen LogP contribution is -2.44. The molecule has 24 nitrogen and oxygen atoms in total. The molecule has 0 unspecified atom stereocenters. The third-order valence-corrected chi connectivity index (χ3v) is 21.8. The molecule has 5 aromatic heterocycles. The summed E-state index contributed by atoms with van der Waals surface area (Å²) in [5.74, 6) is 3.73. The van der Waals surface area contributed by atoms with E-state index < -0.39 is 0 Å². The fourth-order valence-corrected chi connectivity index (χ4v) is 16.3. The smallest absolute Gasteiger partial charge is 0.414 e. The maximum Gasteiger partial charge on any atom is 0.414 e. The Labute approximate surface area is 596 Å². The Hall–Kier alpha value is -9.55. The molecule has 0 radical (unpaired) electrons. The summed E-state index contributed by atoms with van der Waals surface area (Å²) >= 11 is 0. The molecule has 4 aromatic carbocycles. The van der Waals surface area contributed by atoms with Gasteiger partial charge in [-0.25, -0.2) is 29.3 Å². The lowest BCUT2D eigenvalue weighted by molar-refractivity contribution is -0.122. The van der Waals surface area contributed by atoms with Crippen molar-refractivity contribution in [3.8, 4) is 0 Å². The van der Waals surface area contributed by atoms with Crippen LogP contribution in [0.15, 0.2) is 97.6 Å². The minimum Gasteiger partial charge on any atom is -0.452 e. The van der Waals surface area contributed by atoms with Gasteiger partial charge in [0.25, 0.3) is 0 Å². The van der Waals surface area contributed by atoms with E-state index in [1.165, 1.54) is 32.4 Å². The number of Topliss-reactive ketones (excluding diaryl/α,β-unsaturated/α-hetero) is 1. The molecule has 3 fully saturated rings. The van der Waals surface area contributed by atoms with E-state index in [1.54, 1.807) is 34.7 Å². The number of nitrogens with zero attached hydrogens (tertiary/aromatic N) is 14. The number of aromatic nitrogens is 10. The number of ether oxygens (including phenoxy) is 3. The Bertz CT molecular complexity index is 4520. The number of carbonyl (C=O) groups excluding carboxylic acids is 5. The molecule has 1 saturated carbocycles. The zero-order valence-electron chi connectivity index (χ0n) is 60.7. The third kappa shape index (κ3) is 14.6. The highest BCUT2D eigenvalue weighted by Gasteiger charge is 2.37. The first-order chi connectivity index (χ1) is 49.4.